The summed E-state index contributed by atoms with van der Waals surface area (Å²) in [7, 11) is 0. The Balaban J connectivity index is 0.000000148. The van der Waals surface area contributed by atoms with E-state index in [2.05, 4.69) is 0 Å². The molecule has 0 bridgehead atoms. The maximum absolute atomic E-state index is 12.3. The number of fused-ring (bicyclic) bond motifs is 3. The van der Waals surface area contributed by atoms with Crippen LogP contribution in [0.3, 0.4) is 0 Å². The third-order valence-electron chi connectivity index (χ3n) is 9.68. The lowest BCUT2D eigenvalue weighted by molar-refractivity contribution is 0.0686. The number of aliphatic hydroxyl groups is 1. The second kappa shape index (κ2) is 19.4. The molecule has 0 saturated carbocycles. The van der Waals surface area contributed by atoms with Gasteiger partial charge in [-0.05, 0) is 103 Å². The summed E-state index contributed by atoms with van der Waals surface area (Å²) < 4.78 is 22.3. The molecule has 0 aliphatic rings. The number of carboxylic acid groups (broad SMARTS) is 3. The molecule has 16 nitrogen and oxygen atoms in total. The Morgan fingerprint density at radius 2 is 0.848 bits per heavy atom. The Hall–Kier alpha value is -9.28. The summed E-state index contributed by atoms with van der Waals surface area (Å²) in [6, 6.07) is 35.9. The van der Waals surface area contributed by atoms with Crippen molar-refractivity contribution in [1.82, 2.24) is 0 Å². The van der Waals surface area contributed by atoms with E-state index in [1.165, 1.54) is 97.1 Å². The van der Waals surface area contributed by atoms with Crippen LogP contribution in [0.1, 0.15) is 31.1 Å². The number of aromatic carboxylic acids is 3. The minimum Gasteiger partial charge on any atom is -0.508 e. The SMILES string of the molecule is O=C(O)c1ccc2oc(-c3ccc(O)cc3)cc(=O)c2c1.O=C(O)c1ccc2oc(-c3cccc(O)c3)cc(=O)c2c1.O=C(O)c1ccc2oc(-c3cccc(OCCO)c3)cc(=O)c2c1. The smallest absolute Gasteiger partial charge is 0.335 e. The van der Waals surface area contributed by atoms with Crippen LogP contribution in [0.25, 0.3) is 66.9 Å². The number of ether oxygens (including phenoxy) is 1. The Labute approximate surface area is 370 Å². The van der Waals surface area contributed by atoms with Crippen molar-refractivity contribution in [2.75, 3.05) is 13.2 Å². The quantitative estimate of drug-likeness (QED) is 0.0796. The number of hydrogen-bond acceptors (Lipinski definition) is 13. The highest BCUT2D eigenvalue weighted by Crippen LogP contribution is 2.28. The fraction of sp³-hybridized carbons (Fsp3) is 0.0400. The molecular formula is C50H34O16. The van der Waals surface area contributed by atoms with E-state index in [0.29, 0.717) is 56.5 Å². The van der Waals surface area contributed by atoms with E-state index in [1.54, 1.807) is 48.5 Å². The highest BCUT2D eigenvalue weighted by atomic mass is 16.5. The topological polar surface area (TPSA) is 272 Å². The number of carbonyl (C=O) groups is 3. The van der Waals surface area contributed by atoms with Crippen LogP contribution in [-0.4, -0.2) is 61.8 Å². The van der Waals surface area contributed by atoms with E-state index in [4.69, 9.17) is 38.4 Å². The highest BCUT2D eigenvalue weighted by molar-refractivity contribution is 5.95. The van der Waals surface area contributed by atoms with Crippen LogP contribution in [0.15, 0.2) is 173 Å². The minimum atomic E-state index is -1.10. The van der Waals surface area contributed by atoms with E-state index in [9.17, 15) is 39.0 Å². The van der Waals surface area contributed by atoms with Gasteiger partial charge in [-0.2, -0.15) is 0 Å². The Bertz CT molecular complexity index is 3490. The molecule has 0 fully saturated rings. The molecule has 0 spiro atoms. The minimum absolute atomic E-state index is 0.0277. The van der Waals surface area contributed by atoms with Crippen molar-refractivity contribution < 1.29 is 63.0 Å². The highest BCUT2D eigenvalue weighted by Gasteiger charge is 2.14. The first-order valence-corrected chi connectivity index (χ1v) is 19.5. The number of aliphatic hydroxyl groups excluding tert-OH is 1. The lowest BCUT2D eigenvalue weighted by atomic mass is 10.1. The molecule has 0 saturated heterocycles. The molecule has 66 heavy (non-hydrogen) atoms. The Morgan fingerprint density at radius 3 is 1.26 bits per heavy atom. The van der Waals surface area contributed by atoms with E-state index in [0.717, 1.165) is 0 Å². The van der Waals surface area contributed by atoms with Crippen molar-refractivity contribution in [2.45, 2.75) is 0 Å². The molecule has 9 aromatic rings. The zero-order valence-corrected chi connectivity index (χ0v) is 34.0. The van der Waals surface area contributed by atoms with Crippen molar-refractivity contribution in [2.24, 2.45) is 0 Å². The van der Waals surface area contributed by atoms with E-state index < -0.39 is 17.9 Å². The van der Waals surface area contributed by atoms with Gasteiger partial charge < -0.3 is 48.6 Å². The second-order valence-corrected chi connectivity index (χ2v) is 14.2. The van der Waals surface area contributed by atoms with E-state index in [-0.39, 0.29) is 73.8 Å². The van der Waals surface area contributed by atoms with Gasteiger partial charge in [0.25, 0.3) is 0 Å². The predicted molar refractivity (Wildman–Crippen MR) is 241 cm³/mol. The van der Waals surface area contributed by atoms with Gasteiger partial charge in [-0.3, -0.25) is 14.4 Å². The van der Waals surface area contributed by atoms with Gasteiger partial charge in [-0.1, -0.05) is 24.3 Å². The van der Waals surface area contributed by atoms with Crippen LogP contribution in [0.2, 0.25) is 0 Å². The lowest BCUT2D eigenvalue weighted by Crippen LogP contribution is -2.04. The van der Waals surface area contributed by atoms with Gasteiger partial charge in [0.1, 0.15) is 57.9 Å². The average Bonchev–Trinajstić information content (AvgIpc) is 3.31. The summed E-state index contributed by atoms with van der Waals surface area (Å²) in [6.07, 6.45) is 0. The zero-order valence-electron chi connectivity index (χ0n) is 34.0. The van der Waals surface area contributed by atoms with Crippen molar-refractivity contribution >= 4 is 50.8 Å². The normalized spacial score (nSPS) is 10.7. The Morgan fingerprint density at radius 1 is 0.439 bits per heavy atom. The van der Waals surface area contributed by atoms with Crippen molar-refractivity contribution in [3.8, 4) is 51.2 Å². The fourth-order valence-electron chi connectivity index (χ4n) is 6.48. The molecule has 9 rings (SSSR count). The van der Waals surface area contributed by atoms with Crippen LogP contribution in [0, 0.1) is 0 Å². The van der Waals surface area contributed by atoms with Crippen LogP contribution in [0.5, 0.6) is 17.2 Å². The molecule has 3 aromatic heterocycles. The van der Waals surface area contributed by atoms with Gasteiger partial charge in [0.15, 0.2) is 16.3 Å². The number of aromatic hydroxyl groups is 2. The molecule has 0 aliphatic carbocycles. The van der Waals surface area contributed by atoms with Crippen LogP contribution in [0.4, 0.5) is 0 Å². The molecule has 0 radical (unpaired) electrons. The number of rotatable bonds is 9. The summed E-state index contributed by atoms with van der Waals surface area (Å²) in [5, 5.41) is 55.1. The molecule has 0 amide bonds. The van der Waals surface area contributed by atoms with Gasteiger partial charge in [-0.15, -0.1) is 0 Å². The van der Waals surface area contributed by atoms with Gasteiger partial charge in [0.2, 0.25) is 0 Å². The van der Waals surface area contributed by atoms with Crippen LogP contribution in [-0.2, 0) is 0 Å². The first-order valence-electron chi connectivity index (χ1n) is 19.5. The predicted octanol–water partition coefficient (Wildman–Crippen LogP) is 8.26. The monoisotopic (exact) mass is 890 g/mol. The van der Waals surface area contributed by atoms with Gasteiger partial charge in [0.05, 0.1) is 39.5 Å². The average molecular weight is 891 g/mol. The maximum Gasteiger partial charge on any atom is 0.335 e. The van der Waals surface area contributed by atoms with Crippen LogP contribution >= 0.6 is 0 Å². The van der Waals surface area contributed by atoms with Crippen LogP contribution < -0.4 is 21.0 Å². The van der Waals surface area contributed by atoms with Crippen molar-refractivity contribution in [1.29, 1.82) is 0 Å². The summed E-state index contributed by atoms with van der Waals surface area (Å²) in [4.78, 5) is 69.4. The second-order valence-electron chi connectivity index (χ2n) is 14.2. The maximum atomic E-state index is 12.3. The van der Waals surface area contributed by atoms with Crippen molar-refractivity contribution in [3.63, 3.8) is 0 Å². The van der Waals surface area contributed by atoms with Gasteiger partial charge in [0, 0.05) is 34.9 Å². The van der Waals surface area contributed by atoms with Gasteiger partial charge in [-0.25, -0.2) is 14.4 Å². The first kappa shape index (κ1) is 44.8. The standard InChI is InChI=1S/C18H14O6.2C16H10O5/c19-6-7-23-13-3-1-2-11(8-13)17-10-15(20)14-9-12(18(21)22)4-5-16(14)24-17;17-11-4-1-9(2-5-11)15-8-13(18)12-7-10(16(19)20)3-6-14(12)21-15;17-11-3-1-2-9(6-11)15-8-13(18)12-7-10(16(19)20)4-5-14(12)21-15/h1-5,8-10,19H,6-7H2,(H,21,22);2*1-8,17H,(H,19,20). The number of benzene rings is 6. The molecule has 6 aromatic carbocycles. The van der Waals surface area contributed by atoms with Crippen molar-refractivity contribution in [3.05, 3.63) is 193 Å². The number of phenolic OH excluding ortho intramolecular Hbond substituents is 2. The summed E-state index contributed by atoms with van der Waals surface area (Å²) in [5.41, 5.74) is 1.90. The molecular weight excluding hydrogens is 857 g/mol. The number of hydrogen-bond donors (Lipinski definition) is 6. The molecule has 0 atom stereocenters. The summed E-state index contributed by atoms with van der Waals surface area (Å²) >= 11 is 0. The van der Waals surface area contributed by atoms with E-state index in [1.807, 2.05) is 0 Å². The zero-order chi connectivity index (χ0) is 47.1. The number of carboxylic acids is 3. The molecule has 0 unspecified atom stereocenters. The Kier molecular flexibility index (Phi) is 13.2. The summed E-state index contributed by atoms with van der Waals surface area (Å²) in [5.74, 6) is -1.55. The fourth-order valence-corrected chi connectivity index (χ4v) is 6.48. The molecule has 3 heterocycles. The molecule has 16 heteroatoms. The van der Waals surface area contributed by atoms with Gasteiger partial charge >= 0.3 is 17.9 Å². The molecule has 6 N–H and O–H groups in total. The molecule has 0 aliphatic heterocycles. The lowest BCUT2D eigenvalue weighted by Gasteiger charge is -2.07. The number of phenols is 2. The summed E-state index contributed by atoms with van der Waals surface area (Å²) in [6.45, 7) is 0.0737. The van der Waals surface area contributed by atoms with E-state index >= 15 is 0 Å². The first-order chi connectivity index (χ1) is 31.7. The largest absolute Gasteiger partial charge is 0.508 e. The molecule has 330 valence electrons. The third kappa shape index (κ3) is 10.3. The third-order valence-corrected chi connectivity index (χ3v) is 9.68.